The van der Waals surface area contributed by atoms with Gasteiger partial charge in [0, 0.05) is 12.5 Å². The van der Waals surface area contributed by atoms with Crippen LogP contribution in [-0.4, -0.2) is 30.3 Å². The van der Waals surface area contributed by atoms with Crippen LogP contribution in [0, 0.1) is 6.92 Å². The summed E-state index contributed by atoms with van der Waals surface area (Å²) < 4.78 is 5.74. The number of aryl methyl sites for hydroxylation is 1. The summed E-state index contributed by atoms with van der Waals surface area (Å²) in [6, 6.07) is 21.9. The van der Waals surface area contributed by atoms with Crippen molar-refractivity contribution in [3.63, 3.8) is 0 Å². The maximum absolute atomic E-state index is 13.0. The summed E-state index contributed by atoms with van der Waals surface area (Å²) in [5, 5.41) is 9.57. The zero-order chi connectivity index (χ0) is 20.8. The lowest BCUT2D eigenvalue weighted by Gasteiger charge is -2.20. The van der Waals surface area contributed by atoms with Crippen LogP contribution in [0.2, 0.25) is 0 Å². The maximum Gasteiger partial charge on any atom is 0.414 e. The van der Waals surface area contributed by atoms with Gasteiger partial charge in [-0.3, -0.25) is 9.69 Å². The van der Waals surface area contributed by atoms with Gasteiger partial charge in [-0.25, -0.2) is 4.79 Å². The van der Waals surface area contributed by atoms with Crippen LogP contribution in [0.1, 0.15) is 34.1 Å². The van der Waals surface area contributed by atoms with Gasteiger partial charge in [-0.05, 0) is 46.4 Å². The van der Waals surface area contributed by atoms with Crippen molar-refractivity contribution >= 4 is 17.7 Å². The Morgan fingerprint density at radius 1 is 0.967 bits per heavy atom. The van der Waals surface area contributed by atoms with Gasteiger partial charge >= 0.3 is 12.1 Å². The first kappa shape index (κ1) is 18.4. The molecule has 0 spiro atoms. The second kappa shape index (κ2) is 7.02. The second-order valence-electron chi connectivity index (χ2n) is 7.87. The smallest absolute Gasteiger partial charge is 0.414 e. The molecule has 0 bridgehead atoms. The van der Waals surface area contributed by atoms with E-state index in [0.29, 0.717) is 11.3 Å². The van der Waals surface area contributed by atoms with Crippen molar-refractivity contribution < 1.29 is 19.4 Å². The lowest BCUT2D eigenvalue weighted by molar-refractivity contribution is -0.138. The number of carbonyl (C=O) groups excluding carboxylic acids is 1. The number of anilines is 1. The van der Waals surface area contributed by atoms with Crippen molar-refractivity contribution in [2.24, 2.45) is 0 Å². The van der Waals surface area contributed by atoms with Crippen molar-refractivity contribution in [2.75, 3.05) is 18.1 Å². The van der Waals surface area contributed by atoms with Crippen LogP contribution in [0.4, 0.5) is 10.5 Å². The standard InChI is InChI=1S/C25H21NO4/c1-15-10-11-20-21(24(27)28)13-26(23(20)12-15)25(29)30-14-22-18-8-4-2-6-16(18)17-7-3-5-9-19(17)22/h2-12,21-22H,13-14H2,1H3,(H,27,28). The number of benzene rings is 3. The van der Waals surface area contributed by atoms with Crippen molar-refractivity contribution in [1.29, 1.82) is 0 Å². The monoisotopic (exact) mass is 399 g/mol. The van der Waals surface area contributed by atoms with Gasteiger partial charge in [0.05, 0.1) is 5.69 Å². The molecule has 0 saturated heterocycles. The summed E-state index contributed by atoms with van der Waals surface area (Å²) >= 11 is 0. The number of hydrogen-bond donors (Lipinski definition) is 1. The third-order valence-corrected chi connectivity index (χ3v) is 6.07. The first-order chi connectivity index (χ1) is 14.5. The normalized spacial score (nSPS) is 16.7. The van der Waals surface area contributed by atoms with Gasteiger partial charge in [-0.15, -0.1) is 0 Å². The van der Waals surface area contributed by atoms with Gasteiger partial charge in [-0.1, -0.05) is 60.7 Å². The van der Waals surface area contributed by atoms with Gasteiger partial charge in [-0.2, -0.15) is 0 Å². The molecule has 1 aliphatic heterocycles. The van der Waals surface area contributed by atoms with E-state index >= 15 is 0 Å². The summed E-state index contributed by atoms with van der Waals surface area (Å²) in [4.78, 5) is 26.1. The highest BCUT2D eigenvalue weighted by Crippen LogP contribution is 2.45. The molecule has 1 atom stereocenters. The summed E-state index contributed by atoms with van der Waals surface area (Å²) in [5.74, 6) is -1.70. The Bertz CT molecular complexity index is 1120. The summed E-state index contributed by atoms with van der Waals surface area (Å²) in [5.41, 5.74) is 6.88. The minimum absolute atomic E-state index is 0.0313. The van der Waals surface area contributed by atoms with Crippen molar-refractivity contribution in [3.8, 4) is 11.1 Å². The summed E-state index contributed by atoms with van der Waals surface area (Å²) in [6.45, 7) is 2.22. The first-order valence-electron chi connectivity index (χ1n) is 10.0. The zero-order valence-corrected chi connectivity index (χ0v) is 16.5. The van der Waals surface area contributed by atoms with Crippen LogP contribution >= 0.6 is 0 Å². The van der Waals surface area contributed by atoms with Crippen LogP contribution in [0.15, 0.2) is 66.7 Å². The molecule has 5 heteroatoms. The fraction of sp³-hybridized carbons (Fsp3) is 0.200. The van der Waals surface area contributed by atoms with E-state index in [4.69, 9.17) is 4.74 Å². The Kier molecular flexibility index (Phi) is 4.31. The molecule has 3 aromatic rings. The Morgan fingerprint density at radius 3 is 2.23 bits per heavy atom. The fourth-order valence-corrected chi connectivity index (χ4v) is 4.62. The third-order valence-electron chi connectivity index (χ3n) is 6.07. The van der Waals surface area contributed by atoms with E-state index in [9.17, 15) is 14.7 Å². The number of rotatable bonds is 3. The van der Waals surface area contributed by atoms with Crippen molar-refractivity contribution in [2.45, 2.75) is 18.8 Å². The highest BCUT2D eigenvalue weighted by molar-refractivity contribution is 5.95. The molecule has 0 aromatic heterocycles. The van der Waals surface area contributed by atoms with Gasteiger partial charge in [0.1, 0.15) is 12.5 Å². The maximum atomic E-state index is 13.0. The van der Waals surface area contributed by atoms with Crippen molar-refractivity contribution in [1.82, 2.24) is 0 Å². The molecule has 3 aromatic carbocycles. The van der Waals surface area contributed by atoms with Crippen LogP contribution < -0.4 is 4.90 Å². The van der Waals surface area contributed by atoms with Gasteiger partial charge < -0.3 is 9.84 Å². The first-order valence-corrected chi connectivity index (χ1v) is 10.0. The molecule has 0 fully saturated rings. The minimum atomic E-state index is -0.936. The van der Waals surface area contributed by atoms with Crippen LogP contribution in [-0.2, 0) is 9.53 Å². The largest absolute Gasteiger partial charge is 0.481 e. The Balaban J connectivity index is 1.40. The molecule has 1 amide bonds. The molecule has 5 nitrogen and oxygen atoms in total. The third kappa shape index (κ3) is 2.86. The van der Waals surface area contributed by atoms with Gasteiger partial charge in [0.25, 0.3) is 0 Å². The average Bonchev–Trinajstić information content (AvgIpc) is 3.28. The number of fused-ring (bicyclic) bond motifs is 4. The molecule has 5 rings (SSSR count). The predicted octanol–water partition coefficient (Wildman–Crippen LogP) is 4.93. The molecular weight excluding hydrogens is 378 g/mol. The van der Waals surface area contributed by atoms with Crippen LogP contribution in [0.5, 0.6) is 0 Å². The van der Waals surface area contributed by atoms with Crippen molar-refractivity contribution in [3.05, 3.63) is 89.0 Å². The quantitative estimate of drug-likeness (QED) is 0.678. The number of aliphatic carboxylic acids is 1. The number of carboxylic acid groups (broad SMARTS) is 1. The van der Waals surface area contributed by atoms with E-state index in [1.54, 1.807) is 6.07 Å². The minimum Gasteiger partial charge on any atom is -0.481 e. The molecule has 1 unspecified atom stereocenters. The van der Waals surface area contributed by atoms with Crippen LogP contribution in [0.3, 0.4) is 0 Å². The van der Waals surface area contributed by atoms with E-state index in [1.165, 1.54) is 16.0 Å². The molecule has 1 heterocycles. The lowest BCUT2D eigenvalue weighted by atomic mass is 9.98. The number of carboxylic acids is 1. The summed E-state index contributed by atoms with van der Waals surface area (Å²) in [6.07, 6.45) is -0.507. The number of hydrogen-bond acceptors (Lipinski definition) is 3. The fourth-order valence-electron chi connectivity index (χ4n) is 4.62. The molecule has 0 radical (unpaired) electrons. The second-order valence-corrected chi connectivity index (χ2v) is 7.87. The SMILES string of the molecule is Cc1ccc2c(c1)N(C(=O)OCC1c3ccccc3-c3ccccc31)CC2C(=O)O. The van der Waals surface area contributed by atoms with Gasteiger partial charge in [0.2, 0.25) is 0 Å². The number of ether oxygens (including phenoxy) is 1. The van der Waals surface area contributed by atoms with E-state index in [2.05, 4.69) is 24.3 Å². The Labute approximate surface area is 174 Å². The van der Waals surface area contributed by atoms with E-state index in [1.807, 2.05) is 43.3 Å². The molecular formula is C25H21NO4. The van der Waals surface area contributed by atoms with E-state index in [-0.39, 0.29) is 19.1 Å². The molecule has 1 aliphatic carbocycles. The molecule has 0 saturated carbocycles. The number of nitrogens with zero attached hydrogens (tertiary/aromatic N) is 1. The Morgan fingerprint density at radius 2 is 1.60 bits per heavy atom. The average molecular weight is 399 g/mol. The highest BCUT2D eigenvalue weighted by Gasteiger charge is 2.38. The zero-order valence-electron chi connectivity index (χ0n) is 16.5. The van der Waals surface area contributed by atoms with Gasteiger partial charge in [0.15, 0.2) is 0 Å². The molecule has 150 valence electrons. The molecule has 30 heavy (non-hydrogen) atoms. The topological polar surface area (TPSA) is 66.8 Å². The highest BCUT2D eigenvalue weighted by atomic mass is 16.6. The predicted molar refractivity (Wildman–Crippen MR) is 114 cm³/mol. The lowest BCUT2D eigenvalue weighted by Crippen LogP contribution is -2.32. The van der Waals surface area contributed by atoms with E-state index in [0.717, 1.165) is 16.7 Å². The van der Waals surface area contributed by atoms with Crippen LogP contribution in [0.25, 0.3) is 11.1 Å². The molecule has 1 N–H and O–H groups in total. The summed E-state index contributed by atoms with van der Waals surface area (Å²) in [7, 11) is 0. The number of carbonyl (C=O) groups is 2. The number of amides is 1. The Hall–Kier alpha value is -3.60. The van der Waals surface area contributed by atoms with E-state index < -0.39 is 18.0 Å². The molecule has 2 aliphatic rings.